The number of aromatic nitrogens is 1. The van der Waals surface area contributed by atoms with E-state index in [2.05, 4.69) is 32.0 Å². The molecule has 0 aliphatic rings. The van der Waals surface area contributed by atoms with Crippen molar-refractivity contribution in [2.24, 2.45) is 0 Å². The zero-order valence-electron chi connectivity index (χ0n) is 18.3. The molecule has 9 heteroatoms. The Morgan fingerprint density at radius 1 is 0.853 bits per heavy atom. The molecule has 0 saturated carbocycles. The Hall–Kier alpha value is -3.62. The van der Waals surface area contributed by atoms with Crippen molar-refractivity contribution in [1.82, 2.24) is 4.68 Å². The van der Waals surface area contributed by atoms with Gasteiger partial charge in [0.1, 0.15) is 5.69 Å². The van der Waals surface area contributed by atoms with E-state index in [1.807, 2.05) is 26.0 Å². The van der Waals surface area contributed by atoms with Gasteiger partial charge in [-0.25, -0.2) is 4.68 Å². The van der Waals surface area contributed by atoms with Crippen molar-refractivity contribution in [3.63, 3.8) is 0 Å². The minimum atomic E-state index is -0.923. The van der Waals surface area contributed by atoms with Gasteiger partial charge < -0.3 is 10.6 Å². The molecule has 0 spiro atoms. The molecule has 3 N–H and O–H groups in total. The number of carbonyl (C=O) groups excluding carboxylic acids is 3. The van der Waals surface area contributed by atoms with E-state index in [9.17, 15) is 14.4 Å². The number of halogens is 2. The molecule has 0 unspecified atom stereocenters. The van der Waals surface area contributed by atoms with Crippen molar-refractivity contribution in [2.45, 2.75) is 13.8 Å². The standard InChI is InChI=1S/C25H20BrClN4O3/c1-14-7-8-15(2)20(11-14)29-24(33)25(34)30-31-21-10-9-17(26)12-16(21)13-22(31)23(32)28-19-6-4-3-5-18(19)27/h3-13H,1-2H3,(H,28,32)(H,29,33)(H,30,34). The van der Waals surface area contributed by atoms with Crippen LogP contribution >= 0.6 is 27.5 Å². The first-order chi connectivity index (χ1) is 16.2. The van der Waals surface area contributed by atoms with Crippen LogP contribution < -0.4 is 16.1 Å². The molecule has 4 rings (SSSR count). The maximum Gasteiger partial charge on any atom is 0.328 e. The van der Waals surface area contributed by atoms with E-state index in [1.54, 1.807) is 54.6 Å². The Balaban J connectivity index is 1.65. The summed E-state index contributed by atoms with van der Waals surface area (Å²) in [5, 5.41) is 6.43. The van der Waals surface area contributed by atoms with Gasteiger partial charge in [0.25, 0.3) is 5.91 Å². The van der Waals surface area contributed by atoms with Crippen LogP contribution in [0.5, 0.6) is 0 Å². The van der Waals surface area contributed by atoms with Gasteiger partial charge >= 0.3 is 11.8 Å². The summed E-state index contributed by atoms with van der Waals surface area (Å²) < 4.78 is 2.09. The smallest absolute Gasteiger partial charge is 0.319 e. The van der Waals surface area contributed by atoms with Crippen molar-refractivity contribution in [3.8, 4) is 0 Å². The van der Waals surface area contributed by atoms with Crippen LogP contribution in [0.4, 0.5) is 11.4 Å². The van der Waals surface area contributed by atoms with Crippen LogP contribution in [0.15, 0.2) is 71.2 Å². The first-order valence-electron chi connectivity index (χ1n) is 10.3. The highest BCUT2D eigenvalue weighted by Crippen LogP contribution is 2.26. The van der Waals surface area contributed by atoms with Crippen LogP contribution in [0.25, 0.3) is 10.9 Å². The summed E-state index contributed by atoms with van der Waals surface area (Å²) in [5.74, 6) is -2.28. The van der Waals surface area contributed by atoms with E-state index >= 15 is 0 Å². The van der Waals surface area contributed by atoms with Crippen molar-refractivity contribution < 1.29 is 14.4 Å². The van der Waals surface area contributed by atoms with Gasteiger partial charge in [-0.05, 0) is 67.4 Å². The first kappa shape index (κ1) is 23.5. The molecule has 0 aliphatic carbocycles. The fourth-order valence-corrected chi connectivity index (χ4v) is 3.99. The molecule has 34 heavy (non-hydrogen) atoms. The monoisotopic (exact) mass is 538 g/mol. The number of hydrogen-bond acceptors (Lipinski definition) is 3. The number of amides is 3. The average Bonchev–Trinajstić information content (AvgIpc) is 3.15. The number of aryl methyl sites for hydroxylation is 2. The highest BCUT2D eigenvalue weighted by atomic mass is 79.9. The number of rotatable bonds is 4. The van der Waals surface area contributed by atoms with E-state index in [0.29, 0.717) is 27.3 Å². The van der Waals surface area contributed by atoms with Crippen LogP contribution in [-0.4, -0.2) is 22.4 Å². The van der Waals surface area contributed by atoms with E-state index in [0.717, 1.165) is 15.6 Å². The zero-order valence-corrected chi connectivity index (χ0v) is 20.6. The topological polar surface area (TPSA) is 92.2 Å². The lowest BCUT2D eigenvalue weighted by Gasteiger charge is -2.14. The van der Waals surface area contributed by atoms with Crippen LogP contribution in [0.2, 0.25) is 5.02 Å². The molecule has 3 aromatic carbocycles. The maximum absolute atomic E-state index is 13.1. The average molecular weight is 540 g/mol. The van der Waals surface area contributed by atoms with Crippen molar-refractivity contribution in [3.05, 3.63) is 93.0 Å². The first-order valence-corrected chi connectivity index (χ1v) is 11.5. The number of para-hydroxylation sites is 1. The molecule has 1 aromatic heterocycles. The lowest BCUT2D eigenvalue weighted by atomic mass is 10.1. The van der Waals surface area contributed by atoms with Gasteiger partial charge in [0.2, 0.25) is 0 Å². The van der Waals surface area contributed by atoms with Crippen LogP contribution in [-0.2, 0) is 9.59 Å². The largest absolute Gasteiger partial charge is 0.328 e. The molecule has 0 saturated heterocycles. The van der Waals surface area contributed by atoms with Crippen LogP contribution in [0, 0.1) is 13.8 Å². The molecule has 0 aliphatic heterocycles. The number of benzene rings is 3. The Bertz CT molecular complexity index is 1450. The third kappa shape index (κ3) is 4.98. The van der Waals surface area contributed by atoms with Crippen molar-refractivity contribution in [2.75, 3.05) is 16.1 Å². The minimum absolute atomic E-state index is 0.126. The molecular weight excluding hydrogens is 520 g/mol. The fourth-order valence-electron chi connectivity index (χ4n) is 3.42. The normalized spacial score (nSPS) is 10.7. The number of nitrogens with one attached hydrogen (secondary N) is 3. The van der Waals surface area contributed by atoms with E-state index < -0.39 is 17.7 Å². The van der Waals surface area contributed by atoms with E-state index in [1.165, 1.54) is 4.68 Å². The second kappa shape index (κ2) is 9.70. The summed E-state index contributed by atoms with van der Waals surface area (Å²) in [5.41, 5.74) is 5.94. The summed E-state index contributed by atoms with van der Waals surface area (Å²) in [7, 11) is 0. The Kier molecular flexibility index (Phi) is 6.72. The summed E-state index contributed by atoms with van der Waals surface area (Å²) in [6.07, 6.45) is 0. The van der Waals surface area contributed by atoms with Gasteiger partial charge in [0.15, 0.2) is 0 Å². The SMILES string of the molecule is Cc1ccc(C)c(NC(=O)C(=O)Nn2c(C(=O)Nc3ccccc3Cl)cc3cc(Br)ccc32)c1. The summed E-state index contributed by atoms with van der Waals surface area (Å²) in [4.78, 5) is 38.6. The van der Waals surface area contributed by atoms with E-state index in [-0.39, 0.29) is 5.69 Å². The fraction of sp³-hybridized carbons (Fsp3) is 0.0800. The van der Waals surface area contributed by atoms with Gasteiger partial charge in [-0.2, -0.15) is 0 Å². The van der Waals surface area contributed by atoms with Gasteiger partial charge in [-0.1, -0.05) is 51.8 Å². The molecule has 0 bridgehead atoms. The predicted octanol–water partition coefficient (Wildman–Crippen LogP) is 5.64. The van der Waals surface area contributed by atoms with Crippen molar-refractivity contribution >= 4 is 67.5 Å². The molecule has 3 amide bonds. The molecule has 0 radical (unpaired) electrons. The molecule has 172 valence electrons. The number of carbonyl (C=O) groups is 3. The third-order valence-electron chi connectivity index (χ3n) is 5.18. The Morgan fingerprint density at radius 2 is 1.62 bits per heavy atom. The molecule has 4 aromatic rings. The number of fused-ring (bicyclic) bond motifs is 1. The molecule has 1 heterocycles. The van der Waals surface area contributed by atoms with Gasteiger partial charge in [0, 0.05) is 15.5 Å². The Labute approximate surface area is 209 Å². The van der Waals surface area contributed by atoms with Crippen LogP contribution in [0.3, 0.4) is 0 Å². The highest BCUT2D eigenvalue weighted by Gasteiger charge is 2.22. The quantitative estimate of drug-likeness (QED) is 0.293. The number of nitrogens with zero attached hydrogens (tertiary/aromatic N) is 1. The molecule has 7 nitrogen and oxygen atoms in total. The van der Waals surface area contributed by atoms with E-state index in [4.69, 9.17) is 11.6 Å². The molecular formula is C25H20BrClN4O3. The van der Waals surface area contributed by atoms with Crippen LogP contribution in [0.1, 0.15) is 21.6 Å². The molecule has 0 fully saturated rings. The highest BCUT2D eigenvalue weighted by molar-refractivity contribution is 9.10. The summed E-state index contributed by atoms with van der Waals surface area (Å²) in [6.45, 7) is 3.73. The number of anilines is 2. The lowest BCUT2D eigenvalue weighted by molar-refractivity contribution is -0.133. The second-order valence-electron chi connectivity index (χ2n) is 7.72. The van der Waals surface area contributed by atoms with Gasteiger partial charge in [-0.15, -0.1) is 0 Å². The van der Waals surface area contributed by atoms with Gasteiger partial charge in [0.05, 0.1) is 16.2 Å². The Morgan fingerprint density at radius 3 is 2.38 bits per heavy atom. The third-order valence-corrected chi connectivity index (χ3v) is 6.00. The maximum atomic E-state index is 13.1. The zero-order chi connectivity index (χ0) is 24.4. The number of hydrogen-bond donors (Lipinski definition) is 3. The van der Waals surface area contributed by atoms with Crippen molar-refractivity contribution in [1.29, 1.82) is 0 Å². The predicted molar refractivity (Wildman–Crippen MR) is 138 cm³/mol. The summed E-state index contributed by atoms with van der Waals surface area (Å²) >= 11 is 9.58. The van der Waals surface area contributed by atoms with Gasteiger partial charge in [-0.3, -0.25) is 19.8 Å². The minimum Gasteiger partial charge on any atom is -0.319 e. The second-order valence-corrected chi connectivity index (χ2v) is 9.04. The summed E-state index contributed by atoms with van der Waals surface area (Å²) in [6, 6.07) is 19.3. The molecule has 0 atom stereocenters. The lowest BCUT2D eigenvalue weighted by Crippen LogP contribution is -2.36.